The van der Waals surface area contributed by atoms with Crippen molar-refractivity contribution >= 4 is 11.8 Å². The number of piperidine rings is 1. The van der Waals surface area contributed by atoms with E-state index in [1.807, 2.05) is 6.07 Å². The summed E-state index contributed by atoms with van der Waals surface area (Å²) in [5, 5.41) is 7.31. The van der Waals surface area contributed by atoms with Crippen molar-refractivity contribution in [3.05, 3.63) is 24.0 Å². The molecule has 124 valence electrons. The van der Waals surface area contributed by atoms with Crippen molar-refractivity contribution in [3.8, 4) is 0 Å². The van der Waals surface area contributed by atoms with Gasteiger partial charge in [-0.25, -0.2) is 4.98 Å². The van der Waals surface area contributed by atoms with E-state index in [4.69, 9.17) is 4.52 Å². The zero-order valence-electron chi connectivity index (χ0n) is 14.0. The maximum Gasteiger partial charge on any atom is 0.231 e. The Morgan fingerprint density at radius 3 is 3.00 bits per heavy atom. The van der Waals surface area contributed by atoms with Gasteiger partial charge in [-0.2, -0.15) is 9.97 Å². The molecule has 0 radical (unpaired) electrons. The molecule has 1 fully saturated rings. The molecule has 2 aromatic heterocycles. The van der Waals surface area contributed by atoms with Crippen LogP contribution in [0.4, 0.5) is 11.8 Å². The first-order chi connectivity index (χ1) is 11.2. The summed E-state index contributed by atoms with van der Waals surface area (Å²) in [5.41, 5.74) is 0. The fourth-order valence-electron chi connectivity index (χ4n) is 2.79. The lowest BCUT2D eigenvalue weighted by molar-refractivity contribution is 0.329. The maximum absolute atomic E-state index is 5.47. The van der Waals surface area contributed by atoms with Crippen LogP contribution < -0.4 is 10.2 Å². The van der Waals surface area contributed by atoms with Crippen LogP contribution in [0.1, 0.15) is 57.2 Å². The van der Waals surface area contributed by atoms with Crippen LogP contribution >= 0.6 is 0 Å². The topological polar surface area (TPSA) is 80.0 Å². The van der Waals surface area contributed by atoms with Gasteiger partial charge in [0.05, 0.1) is 5.92 Å². The molecule has 3 heterocycles. The Bertz CT molecular complexity index is 641. The minimum absolute atomic E-state index is 0.246. The number of hydrogen-bond acceptors (Lipinski definition) is 7. The van der Waals surface area contributed by atoms with Gasteiger partial charge in [0, 0.05) is 31.7 Å². The molecule has 7 heteroatoms. The Hall–Kier alpha value is -2.18. The van der Waals surface area contributed by atoms with Crippen molar-refractivity contribution in [2.75, 3.05) is 29.9 Å². The molecule has 1 N–H and O–H groups in total. The molecule has 7 nitrogen and oxygen atoms in total. The zero-order chi connectivity index (χ0) is 16.2. The summed E-state index contributed by atoms with van der Waals surface area (Å²) in [6.45, 7) is 8.82. The van der Waals surface area contributed by atoms with Crippen molar-refractivity contribution in [2.24, 2.45) is 0 Å². The van der Waals surface area contributed by atoms with Crippen LogP contribution in [0.5, 0.6) is 0 Å². The van der Waals surface area contributed by atoms with Gasteiger partial charge < -0.3 is 14.7 Å². The Labute approximate surface area is 136 Å². The van der Waals surface area contributed by atoms with Crippen LogP contribution in [-0.4, -0.2) is 39.7 Å². The second-order valence-corrected chi connectivity index (χ2v) is 6.20. The van der Waals surface area contributed by atoms with Gasteiger partial charge in [0.15, 0.2) is 5.82 Å². The van der Waals surface area contributed by atoms with Gasteiger partial charge >= 0.3 is 0 Å². The molecule has 3 rings (SSSR count). The summed E-state index contributed by atoms with van der Waals surface area (Å²) in [4.78, 5) is 15.8. The van der Waals surface area contributed by atoms with Gasteiger partial charge in [0.1, 0.15) is 5.82 Å². The second kappa shape index (κ2) is 6.93. The molecule has 0 amide bonds. The summed E-state index contributed by atoms with van der Waals surface area (Å²) < 4.78 is 5.47. The molecule has 0 unspecified atom stereocenters. The van der Waals surface area contributed by atoms with E-state index < -0.39 is 0 Å². The van der Waals surface area contributed by atoms with Crippen molar-refractivity contribution in [1.29, 1.82) is 0 Å². The van der Waals surface area contributed by atoms with Crippen molar-refractivity contribution in [2.45, 2.75) is 45.4 Å². The highest BCUT2D eigenvalue weighted by atomic mass is 16.5. The lowest BCUT2D eigenvalue weighted by Gasteiger charge is -2.31. The van der Waals surface area contributed by atoms with Crippen LogP contribution in [-0.2, 0) is 0 Å². The van der Waals surface area contributed by atoms with Crippen LogP contribution in [0.3, 0.4) is 0 Å². The van der Waals surface area contributed by atoms with Crippen molar-refractivity contribution < 1.29 is 4.52 Å². The monoisotopic (exact) mass is 316 g/mol. The van der Waals surface area contributed by atoms with Gasteiger partial charge in [0.2, 0.25) is 11.8 Å². The number of nitrogens with one attached hydrogen (secondary N) is 1. The molecule has 1 aliphatic heterocycles. The van der Waals surface area contributed by atoms with E-state index >= 15 is 0 Å². The molecule has 0 aromatic carbocycles. The van der Waals surface area contributed by atoms with E-state index in [1.165, 1.54) is 0 Å². The molecule has 0 bridgehead atoms. The number of hydrogen-bond donors (Lipinski definition) is 1. The molecular weight excluding hydrogens is 292 g/mol. The Morgan fingerprint density at radius 2 is 2.26 bits per heavy atom. The number of nitrogens with zero attached hydrogens (tertiary/aromatic N) is 5. The fraction of sp³-hybridized carbons (Fsp3) is 0.625. The molecule has 2 aromatic rings. The quantitative estimate of drug-likeness (QED) is 0.908. The Kier molecular flexibility index (Phi) is 4.73. The van der Waals surface area contributed by atoms with Gasteiger partial charge in [-0.15, -0.1) is 0 Å². The van der Waals surface area contributed by atoms with Crippen LogP contribution in [0.2, 0.25) is 0 Å². The second-order valence-electron chi connectivity index (χ2n) is 6.20. The van der Waals surface area contributed by atoms with Crippen LogP contribution in [0.25, 0.3) is 0 Å². The molecule has 23 heavy (non-hydrogen) atoms. The summed E-state index contributed by atoms with van der Waals surface area (Å²) in [5.74, 6) is 3.67. The highest BCUT2D eigenvalue weighted by molar-refractivity contribution is 5.41. The molecule has 0 spiro atoms. The minimum Gasteiger partial charge on any atom is -0.370 e. The largest absolute Gasteiger partial charge is 0.370 e. The van der Waals surface area contributed by atoms with Gasteiger partial charge in [0.25, 0.3) is 0 Å². The normalized spacial score (nSPS) is 18.4. The third-order valence-corrected chi connectivity index (χ3v) is 4.03. The van der Waals surface area contributed by atoms with Crippen molar-refractivity contribution in [3.63, 3.8) is 0 Å². The standard InChI is InChI=1S/C16H24N6O/c1-4-17-13-7-8-18-16(19-13)22-9-5-6-12(10-22)15-20-14(11(2)3)21-23-15/h7-8,11-12H,4-6,9-10H2,1-3H3,(H,17,18,19)/t12-/m0/s1. The number of aromatic nitrogens is 4. The molecular formula is C16H24N6O. The summed E-state index contributed by atoms with van der Waals surface area (Å²) >= 11 is 0. The average Bonchev–Trinajstić information content (AvgIpc) is 3.06. The van der Waals surface area contributed by atoms with E-state index in [2.05, 4.69) is 51.1 Å². The minimum atomic E-state index is 0.246. The molecule has 1 saturated heterocycles. The van der Waals surface area contributed by atoms with Crippen LogP contribution in [0, 0.1) is 0 Å². The third kappa shape index (κ3) is 3.60. The summed E-state index contributed by atoms with van der Waals surface area (Å²) in [7, 11) is 0. The first-order valence-electron chi connectivity index (χ1n) is 8.32. The summed E-state index contributed by atoms with van der Waals surface area (Å²) in [6.07, 6.45) is 3.93. The highest BCUT2D eigenvalue weighted by Crippen LogP contribution is 2.28. The fourth-order valence-corrected chi connectivity index (χ4v) is 2.79. The van der Waals surface area contributed by atoms with E-state index in [1.54, 1.807) is 6.20 Å². The Morgan fingerprint density at radius 1 is 1.39 bits per heavy atom. The smallest absolute Gasteiger partial charge is 0.231 e. The van der Waals surface area contributed by atoms with Gasteiger partial charge in [-0.1, -0.05) is 19.0 Å². The molecule has 1 aliphatic rings. The lowest BCUT2D eigenvalue weighted by Crippen LogP contribution is -2.35. The average molecular weight is 316 g/mol. The predicted molar refractivity (Wildman–Crippen MR) is 88.8 cm³/mol. The number of rotatable bonds is 5. The lowest BCUT2D eigenvalue weighted by atomic mass is 9.98. The third-order valence-electron chi connectivity index (χ3n) is 4.03. The van der Waals surface area contributed by atoms with E-state index in [9.17, 15) is 0 Å². The SMILES string of the molecule is CCNc1ccnc(N2CCC[C@H](c3nc(C(C)C)no3)C2)n1. The molecule has 0 saturated carbocycles. The van der Waals surface area contributed by atoms with Gasteiger partial charge in [-0.3, -0.25) is 0 Å². The van der Waals surface area contributed by atoms with Gasteiger partial charge in [-0.05, 0) is 25.8 Å². The van der Waals surface area contributed by atoms with E-state index in [0.29, 0.717) is 0 Å². The molecule has 1 atom stereocenters. The first-order valence-corrected chi connectivity index (χ1v) is 8.32. The number of anilines is 2. The highest BCUT2D eigenvalue weighted by Gasteiger charge is 2.27. The Balaban J connectivity index is 1.73. The van der Waals surface area contributed by atoms with Crippen molar-refractivity contribution in [1.82, 2.24) is 20.1 Å². The summed E-state index contributed by atoms with van der Waals surface area (Å²) in [6, 6.07) is 1.89. The predicted octanol–water partition coefficient (Wildman–Crippen LogP) is 2.80. The molecule has 0 aliphatic carbocycles. The van der Waals surface area contributed by atoms with Crippen LogP contribution in [0.15, 0.2) is 16.8 Å². The first kappa shape index (κ1) is 15.7. The van der Waals surface area contributed by atoms with E-state index in [0.717, 1.165) is 56.0 Å². The zero-order valence-corrected chi connectivity index (χ0v) is 14.0. The maximum atomic E-state index is 5.47. The van der Waals surface area contributed by atoms with E-state index in [-0.39, 0.29) is 11.8 Å².